The Morgan fingerprint density at radius 2 is 1.87 bits per heavy atom. The number of sulfonamides is 1. The van der Waals surface area contributed by atoms with Crippen LogP contribution in [0.4, 0.5) is 0 Å². The molecule has 0 unspecified atom stereocenters. The highest BCUT2D eigenvalue weighted by Gasteiger charge is 2.09. The molecule has 1 aromatic carbocycles. The molecular weight excluding hydrogens is 216 g/mol. The van der Waals surface area contributed by atoms with Crippen LogP contribution in [0.3, 0.4) is 0 Å². The van der Waals surface area contributed by atoms with Crippen LogP contribution >= 0.6 is 0 Å². The fourth-order valence-corrected chi connectivity index (χ4v) is 1.74. The Morgan fingerprint density at radius 3 is 2.40 bits per heavy atom. The molecule has 0 aromatic heterocycles. The Kier molecular flexibility index (Phi) is 3.43. The number of benzene rings is 1. The van der Waals surface area contributed by atoms with Gasteiger partial charge in [-0.3, -0.25) is 4.79 Å². The number of amides is 1. The summed E-state index contributed by atoms with van der Waals surface area (Å²) in [5, 5.41) is 4.87. The molecule has 0 saturated heterocycles. The van der Waals surface area contributed by atoms with E-state index in [1.807, 2.05) is 0 Å². The molecule has 15 heavy (non-hydrogen) atoms. The highest BCUT2D eigenvalue weighted by Crippen LogP contribution is 2.09. The summed E-state index contributed by atoms with van der Waals surface area (Å²) in [4.78, 5) is 11.0. The van der Waals surface area contributed by atoms with E-state index in [0.717, 1.165) is 0 Å². The van der Waals surface area contributed by atoms with E-state index in [2.05, 4.69) is 0 Å². The minimum atomic E-state index is -3.52. The summed E-state index contributed by atoms with van der Waals surface area (Å²) in [6.07, 6.45) is 0.192. The van der Waals surface area contributed by atoms with Crippen molar-refractivity contribution in [2.75, 3.05) is 5.75 Å². The summed E-state index contributed by atoms with van der Waals surface area (Å²) in [7, 11) is -3.52. The summed E-state index contributed by atoms with van der Waals surface area (Å²) in [5.41, 5.74) is 6.06. The maximum Gasteiger partial charge on any atom is 0.248 e. The number of primary amides is 1. The SMILES string of the molecule is NC(=O)c1ccccc1CCS(N)(=O)=O. The summed E-state index contributed by atoms with van der Waals surface area (Å²) < 4.78 is 21.5. The molecule has 1 aromatic rings. The monoisotopic (exact) mass is 228 g/mol. The molecule has 82 valence electrons. The Labute approximate surface area is 88.1 Å². The number of aryl methyl sites for hydroxylation is 1. The molecular formula is C9H12N2O3S. The van der Waals surface area contributed by atoms with Gasteiger partial charge < -0.3 is 5.73 Å². The van der Waals surface area contributed by atoms with Gasteiger partial charge in [0.25, 0.3) is 0 Å². The number of hydrogen-bond donors (Lipinski definition) is 2. The first-order valence-electron chi connectivity index (χ1n) is 4.28. The second kappa shape index (κ2) is 4.41. The Bertz CT molecular complexity index is 468. The van der Waals surface area contributed by atoms with E-state index in [4.69, 9.17) is 10.9 Å². The molecule has 0 radical (unpaired) electrons. The van der Waals surface area contributed by atoms with E-state index in [-0.39, 0.29) is 12.2 Å². The van der Waals surface area contributed by atoms with Gasteiger partial charge in [-0.2, -0.15) is 0 Å². The van der Waals surface area contributed by atoms with Crippen LogP contribution in [-0.2, 0) is 16.4 Å². The van der Waals surface area contributed by atoms with E-state index >= 15 is 0 Å². The minimum Gasteiger partial charge on any atom is -0.366 e. The maximum absolute atomic E-state index is 11.0. The van der Waals surface area contributed by atoms with E-state index in [0.29, 0.717) is 11.1 Å². The Balaban J connectivity index is 2.90. The minimum absolute atomic E-state index is 0.192. The smallest absolute Gasteiger partial charge is 0.248 e. The molecule has 0 aliphatic rings. The van der Waals surface area contributed by atoms with Gasteiger partial charge in [0.1, 0.15) is 0 Å². The second-order valence-electron chi connectivity index (χ2n) is 3.14. The Morgan fingerprint density at radius 1 is 1.27 bits per heavy atom. The molecule has 0 atom stereocenters. The fraction of sp³-hybridized carbons (Fsp3) is 0.222. The summed E-state index contributed by atoms with van der Waals surface area (Å²) in [6, 6.07) is 6.59. The quantitative estimate of drug-likeness (QED) is 0.733. The average Bonchev–Trinajstić information content (AvgIpc) is 2.14. The van der Waals surface area contributed by atoms with Crippen LogP contribution in [0.15, 0.2) is 24.3 Å². The number of nitrogens with two attached hydrogens (primary N) is 2. The zero-order valence-electron chi connectivity index (χ0n) is 8.01. The number of carbonyl (C=O) groups excluding carboxylic acids is 1. The lowest BCUT2D eigenvalue weighted by Crippen LogP contribution is -2.20. The van der Waals surface area contributed by atoms with Crippen LogP contribution in [-0.4, -0.2) is 20.1 Å². The highest BCUT2D eigenvalue weighted by molar-refractivity contribution is 7.89. The van der Waals surface area contributed by atoms with Gasteiger partial charge in [0.15, 0.2) is 0 Å². The van der Waals surface area contributed by atoms with Crippen LogP contribution in [0.25, 0.3) is 0 Å². The average molecular weight is 228 g/mol. The number of hydrogen-bond acceptors (Lipinski definition) is 3. The maximum atomic E-state index is 11.0. The fourth-order valence-electron chi connectivity index (χ4n) is 1.23. The molecule has 0 bridgehead atoms. The predicted octanol–water partition coefficient (Wildman–Crippen LogP) is -0.383. The van der Waals surface area contributed by atoms with E-state index < -0.39 is 15.9 Å². The zero-order valence-corrected chi connectivity index (χ0v) is 8.83. The first kappa shape index (κ1) is 11.7. The third kappa shape index (κ3) is 3.69. The largest absolute Gasteiger partial charge is 0.366 e. The molecule has 0 aliphatic heterocycles. The van der Waals surface area contributed by atoms with Crippen LogP contribution in [0, 0.1) is 0 Å². The van der Waals surface area contributed by atoms with E-state index in [1.165, 1.54) is 0 Å². The molecule has 0 fully saturated rings. The van der Waals surface area contributed by atoms with Crippen LogP contribution in [0.1, 0.15) is 15.9 Å². The number of primary sulfonamides is 1. The van der Waals surface area contributed by atoms with Gasteiger partial charge in [-0.05, 0) is 18.1 Å². The van der Waals surface area contributed by atoms with Gasteiger partial charge in [-0.15, -0.1) is 0 Å². The number of rotatable bonds is 4. The van der Waals surface area contributed by atoms with Crippen molar-refractivity contribution >= 4 is 15.9 Å². The van der Waals surface area contributed by atoms with Crippen molar-refractivity contribution in [3.8, 4) is 0 Å². The predicted molar refractivity (Wildman–Crippen MR) is 56.6 cm³/mol. The van der Waals surface area contributed by atoms with Gasteiger partial charge in [-0.25, -0.2) is 13.6 Å². The van der Waals surface area contributed by atoms with Gasteiger partial charge in [0.05, 0.1) is 5.75 Å². The first-order valence-corrected chi connectivity index (χ1v) is 6.00. The van der Waals surface area contributed by atoms with Crippen molar-refractivity contribution < 1.29 is 13.2 Å². The molecule has 0 spiro atoms. The lowest BCUT2D eigenvalue weighted by molar-refractivity contribution is 0.0999. The lowest BCUT2D eigenvalue weighted by atomic mass is 10.1. The highest BCUT2D eigenvalue weighted by atomic mass is 32.2. The van der Waals surface area contributed by atoms with Crippen LogP contribution in [0.5, 0.6) is 0 Å². The standard InChI is InChI=1S/C9H12N2O3S/c10-9(12)8-4-2-1-3-7(8)5-6-15(11,13)14/h1-4H,5-6H2,(H2,10,12)(H2,11,13,14). The van der Waals surface area contributed by atoms with Crippen molar-refractivity contribution in [1.82, 2.24) is 0 Å². The van der Waals surface area contributed by atoms with Crippen molar-refractivity contribution in [2.45, 2.75) is 6.42 Å². The van der Waals surface area contributed by atoms with E-state index in [9.17, 15) is 13.2 Å². The zero-order chi connectivity index (χ0) is 11.5. The van der Waals surface area contributed by atoms with Gasteiger partial charge in [-0.1, -0.05) is 18.2 Å². The van der Waals surface area contributed by atoms with Crippen LogP contribution < -0.4 is 10.9 Å². The van der Waals surface area contributed by atoms with Crippen LogP contribution in [0.2, 0.25) is 0 Å². The molecule has 1 rings (SSSR count). The van der Waals surface area contributed by atoms with Crippen molar-refractivity contribution in [2.24, 2.45) is 10.9 Å². The first-order chi connectivity index (χ1) is 6.90. The molecule has 6 heteroatoms. The Hall–Kier alpha value is -1.40. The molecule has 0 saturated carbocycles. The summed E-state index contributed by atoms with van der Waals surface area (Å²) >= 11 is 0. The van der Waals surface area contributed by atoms with Gasteiger partial charge in [0, 0.05) is 5.56 Å². The molecule has 1 amide bonds. The van der Waals surface area contributed by atoms with Gasteiger partial charge in [0.2, 0.25) is 15.9 Å². The number of carbonyl (C=O) groups is 1. The topological polar surface area (TPSA) is 103 Å². The molecule has 4 N–H and O–H groups in total. The second-order valence-corrected chi connectivity index (χ2v) is 4.87. The molecule has 5 nitrogen and oxygen atoms in total. The van der Waals surface area contributed by atoms with Gasteiger partial charge >= 0.3 is 0 Å². The third-order valence-electron chi connectivity index (χ3n) is 1.94. The molecule has 0 aliphatic carbocycles. The van der Waals surface area contributed by atoms with E-state index in [1.54, 1.807) is 24.3 Å². The summed E-state index contributed by atoms with van der Waals surface area (Å²) in [5.74, 6) is -0.767. The normalized spacial score (nSPS) is 11.3. The third-order valence-corrected chi connectivity index (χ3v) is 2.71. The lowest BCUT2D eigenvalue weighted by Gasteiger charge is -2.04. The molecule has 0 heterocycles. The van der Waals surface area contributed by atoms with Crippen molar-refractivity contribution in [3.05, 3.63) is 35.4 Å². The van der Waals surface area contributed by atoms with Crippen molar-refractivity contribution in [3.63, 3.8) is 0 Å². The van der Waals surface area contributed by atoms with Crippen molar-refractivity contribution in [1.29, 1.82) is 0 Å². The summed E-state index contributed by atoms with van der Waals surface area (Å²) in [6.45, 7) is 0.